The zero-order chi connectivity index (χ0) is 20.5. The molecule has 0 radical (unpaired) electrons. The van der Waals surface area contributed by atoms with Crippen LogP contribution in [0.2, 0.25) is 0 Å². The number of amides is 2. The summed E-state index contributed by atoms with van der Waals surface area (Å²) in [6.07, 6.45) is 3.06. The van der Waals surface area contributed by atoms with Crippen molar-refractivity contribution in [3.05, 3.63) is 83.4 Å². The van der Waals surface area contributed by atoms with Gasteiger partial charge >= 0.3 is 0 Å². The fourth-order valence-corrected chi connectivity index (χ4v) is 3.42. The van der Waals surface area contributed by atoms with Gasteiger partial charge in [0.15, 0.2) is 0 Å². The van der Waals surface area contributed by atoms with Gasteiger partial charge in [0.05, 0.1) is 17.3 Å². The highest BCUT2D eigenvalue weighted by molar-refractivity contribution is 6.26. The molecule has 6 heteroatoms. The molecule has 6 nitrogen and oxygen atoms in total. The average Bonchev–Trinajstić information content (AvgIpc) is 2.72. The maximum absolute atomic E-state index is 13.0. The first kappa shape index (κ1) is 18.4. The summed E-state index contributed by atoms with van der Waals surface area (Å²) in [6.45, 7) is 6.14. The number of aryl methyl sites for hydroxylation is 1. The van der Waals surface area contributed by atoms with Gasteiger partial charge in [-0.1, -0.05) is 29.8 Å². The van der Waals surface area contributed by atoms with Gasteiger partial charge in [0.1, 0.15) is 5.75 Å². The van der Waals surface area contributed by atoms with Crippen LogP contribution in [0.1, 0.15) is 31.8 Å². The second-order valence-corrected chi connectivity index (χ2v) is 6.79. The number of hydrazone groups is 1. The van der Waals surface area contributed by atoms with Gasteiger partial charge in [0.2, 0.25) is 0 Å². The maximum Gasteiger partial charge on any atom is 0.282 e. The number of imide groups is 1. The van der Waals surface area contributed by atoms with Crippen molar-refractivity contribution in [1.29, 1.82) is 0 Å². The molecule has 1 aliphatic rings. The zero-order valence-electron chi connectivity index (χ0n) is 15.8. The molecule has 0 aromatic heterocycles. The van der Waals surface area contributed by atoms with Crippen molar-refractivity contribution >= 4 is 34.5 Å². The fourth-order valence-electron chi connectivity index (χ4n) is 3.42. The predicted octanol–water partition coefficient (Wildman–Crippen LogP) is 4.08. The average molecular weight is 385 g/mol. The zero-order valence-corrected chi connectivity index (χ0v) is 15.8. The number of benzene rings is 3. The van der Waals surface area contributed by atoms with Crippen LogP contribution in [0.3, 0.4) is 0 Å². The molecule has 3 aromatic rings. The monoisotopic (exact) mass is 385 g/mol. The Kier molecular flexibility index (Phi) is 4.60. The lowest BCUT2D eigenvalue weighted by Crippen LogP contribution is -2.36. The molecule has 0 aliphatic carbocycles. The van der Waals surface area contributed by atoms with Crippen LogP contribution in [-0.2, 0) is 0 Å². The first-order valence-electron chi connectivity index (χ1n) is 9.14. The number of hydrogen-bond donors (Lipinski definition) is 2. The number of carbonyl (C=O) groups excluding carboxylic acids is 2. The molecule has 0 saturated heterocycles. The van der Waals surface area contributed by atoms with E-state index in [0.29, 0.717) is 28.6 Å². The highest BCUT2D eigenvalue weighted by atomic mass is 16.3. The van der Waals surface area contributed by atoms with Crippen molar-refractivity contribution in [2.45, 2.75) is 6.92 Å². The van der Waals surface area contributed by atoms with Crippen LogP contribution in [0.25, 0.3) is 10.8 Å². The number of phenolic OH excluding ortho intramolecular Hbond substituents is 1. The summed E-state index contributed by atoms with van der Waals surface area (Å²) < 4.78 is 0. The lowest BCUT2D eigenvalue weighted by atomic mass is 9.94. The van der Waals surface area contributed by atoms with E-state index in [1.807, 2.05) is 19.1 Å². The lowest BCUT2D eigenvalue weighted by Gasteiger charge is -2.24. The van der Waals surface area contributed by atoms with E-state index in [4.69, 9.17) is 0 Å². The van der Waals surface area contributed by atoms with E-state index in [1.54, 1.807) is 42.5 Å². The SMILES string of the molecule is C=CCNc1ccc2c3c(cccc13)C(=O)N(/N=C/c1cc(C)ccc1O)C2=O. The van der Waals surface area contributed by atoms with Crippen LogP contribution in [0, 0.1) is 6.92 Å². The molecular formula is C23H19N3O3. The van der Waals surface area contributed by atoms with Crippen LogP contribution in [-0.4, -0.2) is 34.7 Å². The van der Waals surface area contributed by atoms with E-state index in [0.717, 1.165) is 21.6 Å². The van der Waals surface area contributed by atoms with Crippen LogP contribution >= 0.6 is 0 Å². The highest BCUT2D eigenvalue weighted by Crippen LogP contribution is 2.34. The molecule has 4 rings (SSSR count). The quantitative estimate of drug-likeness (QED) is 0.394. The molecule has 144 valence electrons. The summed E-state index contributed by atoms with van der Waals surface area (Å²) >= 11 is 0. The van der Waals surface area contributed by atoms with Gasteiger partial charge in [-0.05, 0) is 37.3 Å². The summed E-state index contributed by atoms with van der Waals surface area (Å²) in [6, 6.07) is 13.9. The normalized spacial score (nSPS) is 13.3. The lowest BCUT2D eigenvalue weighted by molar-refractivity contribution is 0.0616. The minimum atomic E-state index is -0.502. The van der Waals surface area contributed by atoms with E-state index in [-0.39, 0.29) is 5.75 Å². The first-order chi connectivity index (χ1) is 14.0. The number of phenols is 1. The number of aromatic hydroxyl groups is 1. The largest absolute Gasteiger partial charge is 0.507 e. The molecule has 0 spiro atoms. The highest BCUT2D eigenvalue weighted by Gasteiger charge is 2.33. The van der Waals surface area contributed by atoms with Gasteiger partial charge in [-0.15, -0.1) is 6.58 Å². The van der Waals surface area contributed by atoms with Crippen molar-refractivity contribution in [2.24, 2.45) is 5.10 Å². The van der Waals surface area contributed by atoms with Crippen molar-refractivity contribution in [3.8, 4) is 5.75 Å². The molecule has 0 saturated carbocycles. The smallest absolute Gasteiger partial charge is 0.282 e. The molecule has 1 aliphatic heterocycles. The fraction of sp³-hybridized carbons (Fsp3) is 0.0870. The van der Waals surface area contributed by atoms with E-state index in [2.05, 4.69) is 17.0 Å². The van der Waals surface area contributed by atoms with Crippen molar-refractivity contribution in [2.75, 3.05) is 11.9 Å². The third-order valence-electron chi connectivity index (χ3n) is 4.82. The summed E-state index contributed by atoms with van der Waals surface area (Å²) in [5.74, 6) is -0.980. The standard InChI is InChI=1S/C23H19N3O3/c1-3-11-24-19-9-8-18-21-16(19)5-4-6-17(21)22(28)26(23(18)29)25-13-15-12-14(2)7-10-20(15)27/h3-10,12-13,24,27H,1,11H2,2H3/b25-13+. The summed E-state index contributed by atoms with van der Waals surface area (Å²) in [5, 5.41) is 19.6. The van der Waals surface area contributed by atoms with Gasteiger partial charge in [0, 0.05) is 28.6 Å². The number of rotatable bonds is 5. The summed E-state index contributed by atoms with van der Waals surface area (Å²) in [4.78, 5) is 26.0. The molecule has 0 fully saturated rings. The van der Waals surface area contributed by atoms with E-state index in [1.165, 1.54) is 6.21 Å². The Hall–Kier alpha value is -3.93. The minimum absolute atomic E-state index is 0.0247. The molecule has 2 amide bonds. The third kappa shape index (κ3) is 3.14. The second-order valence-electron chi connectivity index (χ2n) is 6.79. The van der Waals surface area contributed by atoms with Gasteiger partial charge in [-0.2, -0.15) is 10.1 Å². The number of nitrogens with zero attached hydrogens (tertiary/aromatic N) is 2. The Morgan fingerprint density at radius 2 is 1.86 bits per heavy atom. The van der Waals surface area contributed by atoms with Crippen LogP contribution < -0.4 is 5.32 Å². The van der Waals surface area contributed by atoms with Crippen molar-refractivity contribution in [1.82, 2.24) is 5.01 Å². The van der Waals surface area contributed by atoms with Crippen LogP contribution in [0.4, 0.5) is 5.69 Å². The molecule has 1 heterocycles. The van der Waals surface area contributed by atoms with Gasteiger partial charge in [-0.25, -0.2) is 0 Å². The number of anilines is 1. The van der Waals surface area contributed by atoms with E-state index < -0.39 is 11.8 Å². The van der Waals surface area contributed by atoms with Crippen LogP contribution in [0.5, 0.6) is 5.75 Å². The summed E-state index contributed by atoms with van der Waals surface area (Å²) in [7, 11) is 0. The maximum atomic E-state index is 13.0. The topological polar surface area (TPSA) is 82.0 Å². The number of nitrogens with one attached hydrogen (secondary N) is 1. The second kappa shape index (κ2) is 7.24. The van der Waals surface area contributed by atoms with Crippen molar-refractivity contribution in [3.63, 3.8) is 0 Å². The van der Waals surface area contributed by atoms with Crippen LogP contribution in [0.15, 0.2) is 66.3 Å². The van der Waals surface area contributed by atoms with Gasteiger partial charge in [-0.3, -0.25) is 9.59 Å². The minimum Gasteiger partial charge on any atom is -0.507 e. The Bertz CT molecular complexity index is 1180. The van der Waals surface area contributed by atoms with E-state index in [9.17, 15) is 14.7 Å². The Balaban J connectivity index is 1.78. The molecule has 3 aromatic carbocycles. The number of carbonyl (C=O) groups is 2. The predicted molar refractivity (Wildman–Crippen MR) is 114 cm³/mol. The Morgan fingerprint density at radius 3 is 2.62 bits per heavy atom. The van der Waals surface area contributed by atoms with Gasteiger partial charge in [0.25, 0.3) is 11.8 Å². The number of hydrogen-bond acceptors (Lipinski definition) is 5. The summed E-state index contributed by atoms with van der Waals surface area (Å²) in [5.41, 5.74) is 3.00. The molecule has 2 N–H and O–H groups in total. The Labute approximate surface area is 167 Å². The molecular weight excluding hydrogens is 366 g/mol. The molecule has 29 heavy (non-hydrogen) atoms. The Morgan fingerprint density at radius 1 is 1.10 bits per heavy atom. The van der Waals surface area contributed by atoms with E-state index >= 15 is 0 Å². The molecule has 0 atom stereocenters. The molecule has 0 bridgehead atoms. The van der Waals surface area contributed by atoms with Gasteiger partial charge < -0.3 is 10.4 Å². The third-order valence-corrected chi connectivity index (χ3v) is 4.82. The van der Waals surface area contributed by atoms with Crippen molar-refractivity contribution < 1.29 is 14.7 Å². The molecule has 0 unspecified atom stereocenters. The first-order valence-corrected chi connectivity index (χ1v) is 9.14.